The molecule has 4 atom stereocenters. The lowest BCUT2D eigenvalue weighted by atomic mass is 9.85. The van der Waals surface area contributed by atoms with E-state index in [9.17, 15) is 24.3 Å². The van der Waals surface area contributed by atoms with Gasteiger partial charge < -0.3 is 31.1 Å². The average molecular weight is 539 g/mol. The highest BCUT2D eigenvalue weighted by atomic mass is 16.5. The highest BCUT2D eigenvalue weighted by molar-refractivity contribution is 5.94. The number of aliphatic hydroxyl groups excluding tert-OH is 1. The molecule has 10 nitrogen and oxygen atoms in total. The van der Waals surface area contributed by atoms with Gasteiger partial charge in [-0.3, -0.25) is 19.2 Å². The van der Waals surface area contributed by atoms with Gasteiger partial charge in [0.25, 0.3) is 0 Å². The van der Waals surface area contributed by atoms with Crippen LogP contribution in [-0.2, 0) is 25.6 Å². The van der Waals surface area contributed by atoms with Crippen molar-refractivity contribution >= 4 is 23.6 Å². The second-order valence-corrected chi connectivity index (χ2v) is 11.0. The number of carbonyl (C=O) groups excluding carboxylic acids is 4. The van der Waals surface area contributed by atoms with Crippen LogP contribution in [0.25, 0.3) is 11.1 Å². The molecule has 4 amide bonds. The first-order valence-electron chi connectivity index (χ1n) is 12.9. The van der Waals surface area contributed by atoms with Gasteiger partial charge >= 0.3 is 0 Å². The van der Waals surface area contributed by atoms with E-state index >= 15 is 0 Å². The molecule has 0 radical (unpaired) electrons. The first-order chi connectivity index (χ1) is 18.3. The van der Waals surface area contributed by atoms with Crippen molar-refractivity contribution in [2.75, 3.05) is 13.7 Å². The molecule has 0 unspecified atom stereocenters. The quantitative estimate of drug-likeness (QED) is 0.379. The van der Waals surface area contributed by atoms with Crippen LogP contribution in [-0.4, -0.2) is 71.5 Å². The molecule has 210 valence electrons. The van der Waals surface area contributed by atoms with Gasteiger partial charge in [0.15, 0.2) is 0 Å². The van der Waals surface area contributed by atoms with E-state index in [0.29, 0.717) is 0 Å². The first-order valence-corrected chi connectivity index (χ1v) is 12.9. The Morgan fingerprint density at radius 1 is 1.08 bits per heavy atom. The van der Waals surface area contributed by atoms with Gasteiger partial charge in [-0.1, -0.05) is 63.2 Å². The fourth-order valence-corrected chi connectivity index (χ4v) is 4.75. The zero-order valence-electron chi connectivity index (χ0n) is 23.1. The van der Waals surface area contributed by atoms with Crippen LogP contribution in [0.4, 0.5) is 0 Å². The Morgan fingerprint density at radius 2 is 1.72 bits per heavy atom. The summed E-state index contributed by atoms with van der Waals surface area (Å²) in [6, 6.07) is 12.2. The first kappa shape index (κ1) is 29.6. The highest BCUT2D eigenvalue weighted by Crippen LogP contribution is 2.30. The zero-order valence-corrected chi connectivity index (χ0v) is 23.1. The number of benzene rings is 2. The predicted molar refractivity (Wildman–Crippen MR) is 146 cm³/mol. The van der Waals surface area contributed by atoms with E-state index in [4.69, 9.17) is 10.5 Å². The van der Waals surface area contributed by atoms with Crippen molar-refractivity contribution in [1.29, 1.82) is 0 Å². The van der Waals surface area contributed by atoms with E-state index in [1.807, 2.05) is 48.5 Å². The molecule has 2 aromatic rings. The molecule has 0 saturated carbocycles. The third-order valence-corrected chi connectivity index (χ3v) is 6.80. The average Bonchev–Trinajstić information content (AvgIpc) is 3.28. The molecule has 1 heterocycles. The van der Waals surface area contributed by atoms with Crippen LogP contribution >= 0.6 is 0 Å². The Hall–Kier alpha value is -3.92. The van der Waals surface area contributed by atoms with Crippen molar-refractivity contribution in [2.45, 2.75) is 64.8 Å². The van der Waals surface area contributed by atoms with Gasteiger partial charge in [0.1, 0.15) is 23.9 Å². The molecule has 10 heteroatoms. The van der Waals surface area contributed by atoms with Crippen LogP contribution in [0, 0.1) is 5.41 Å². The van der Waals surface area contributed by atoms with Crippen molar-refractivity contribution in [1.82, 2.24) is 15.5 Å². The molecule has 1 fully saturated rings. The van der Waals surface area contributed by atoms with Crippen molar-refractivity contribution < 1.29 is 29.0 Å². The number of nitrogens with zero attached hydrogens (tertiary/aromatic N) is 1. The molecule has 1 saturated heterocycles. The number of methoxy groups -OCH3 is 1. The Morgan fingerprint density at radius 3 is 2.28 bits per heavy atom. The number of likely N-dealkylation sites (tertiary alicyclic amines) is 1. The number of rotatable bonds is 9. The molecule has 2 aromatic carbocycles. The van der Waals surface area contributed by atoms with Crippen LogP contribution in [0.1, 0.15) is 39.7 Å². The Bertz CT molecular complexity index is 1210. The van der Waals surface area contributed by atoms with Gasteiger partial charge in [-0.15, -0.1) is 0 Å². The molecule has 0 aromatic heterocycles. The SMILES string of the molecule is COc1ccccc1-c1ccc(C[C@@H](NC(=O)[C@@H]2C[C@@H](O)CN2C(=O)[C@@H](NC(C)=O)C(C)(C)C)C(N)=O)cc1. The minimum Gasteiger partial charge on any atom is -0.496 e. The number of primary amides is 1. The summed E-state index contributed by atoms with van der Waals surface area (Å²) >= 11 is 0. The number of β-amino-alcohol motifs (C(OH)–C–C–N with tert-alkyl or cyclic N) is 1. The third-order valence-electron chi connectivity index (χ3n) is 6.80. The Balaban J connectivity index is 1.75. The lowest BCUT2D eigenvalue weighted by Gasteiger charge is -2.35. The minimum absolute atomic E-state index is 0.00753. The number of hydrogen-bond donors (Lipinski definition) is 4. The summed E-state index contributed by atoms with van der Waals surface area (Å²) in [7, 11) is 1.61. The maximum Gasteiger partial charge on any atom is 0.246 e. The Kier molecular flexibility index (Phi) is 9.34. The summed E-state index contributed by atoms with van der Waals surface area (Å²) in [5, 5.41) is 15.6. The molecule has 0 aliphatic carbocycles. The number of carbonyl (C=O) groups is 4. The van der Waals surface area contributed by atoms with Gasteiger partial charge in [-0.25, -0.2) is 0 Å². The zero-order chi connectivity index (χ0) is 28.9. The van der Waals surface area contributed by atoms with Crippen molar-refractivity contribution in [3.63, 3.8) is 0 Å². The summed E-state index contributed by atoms with van der Waals surface area (Å²) in [6.07, 6.45) is -0.766. The number of aliphatic hydroxyl groups is 1. The van der Waals surface area contributed by atoms with Crippen LogP contribution < -0.4 is 21.1 Å². The number of nitrogens with one attached hydrogen (secondary N) is 2. The number of hydrogen-bond acceptors (Lipinski definition) is 6. The lowest BCUT2D eigenvalue weighted by Crippen LogP contribution is -2.58. The van der Waals surface area contributed by atoms with E-state index in [2.05, 4.69) is 10.6 Å². The largest absolute Gasteiger partial charge is 0.496 e. The summed E-state index contributed by atoms with van der Waals surface area (Å²) < 4.78 is 5.43. The predicted octanol–water partition coefficient (Wildman–Crippen LogP) is 1.39. The van der Waals surface area contributed by atoms with E-state index in [0.717, 1.165) is 22.4 Å². The summed E-state index contributed by atoms with van der Waals surface area (Å²) in [4.78, 5) is 52.0. The van der Waals surface area contributed by atoms with E-state index < -0.39 is 47.4 Å². The van der Waals surface area contributed by atoms with Gasteiger partial charge in [-0.05, 0) is 22.6 Å². The fourth-order valence-electron chi connectivity index (χ4n) is 4.75. The summed E-state index contributed by atoms with van der Waals surface area (Å²) in [5.74, 6) is -1.44. The number of ether oxygens (including phenoxy) is 1. The van der Waals surface area contributed by atoms with E-state index in [1.54, 1.807) is 27.9 Å². The monoisotopic (exact) mass is 538 g/mol. The van der Waals surface area contributed by atoms with Crippen molar-refractivity contribution in [2.24, 2.45) is 11.1 Å². The van der Waals surface area contributed by atoms with Gasteiger partial charge in [0, 0.05) is 31.9 Å². The second kappa shape index (κ2) is 12.3. The van der Waals surface area contributed by atoms with E-state index in [1.165, 1.54) is 11.8 Å². The van der Waals surface area contributed by atoms with Crippen LogP contribution in [0.2, 0.25) is 0 Å². The number of amides is 4. The van der Waals surface area contributed by atoms with Crippen molar-refractivity contribution in [3.05, 3.63) is 54.1 Å². The molecule has 1 aliphatic heterocycles. The fraction of sp³-hybridized carbons (Fsp3) is 0.448. The topological polar surface area (TPSA) is 151 Å². The van der Waals surface area contributed by atoms with Crippen LogP contribution in [0.5, 0.6) is 5.75 Å². The minimum atomic E-state index is -1.03. The van der Waals surface area contributed by atoms with Crippen molar-refractivity contribution in [3.8, 4) is 16.9 Å². The standard InChI is InChI=1S/C29H38N4O6/c1-17(34)31-25(29(2,3)4)28(38)33-16-20(35)15-23(33)27(37)32-22(26(30)36)14-18-10-12-19(13-11-18)21-8-6-7-9-24(21)39-5/h6-13,20,22-23,25,35H,14-16H2,1-5H3,(H2,30,36)(H,31,34)(H,32,37)/t20-,22-,23+,25-/m1/s1. The third kappa shape index (κ3) is 7.35. The summed E-state index contributed by atoms with van der Waals surface area (Å²) in [6.45, 7) is 6.66. The molecular weight excluding hydrogens is 500 g/mol. The molecule has 3 rings (SSSR count). The highest BCUT2D eigenvalue weighted by Gasteiger charge is 2.44. The maximum atomic E-state index is 13.4. The van der Waals surface area contributed by atoms with Gasteiger partial charge in [0.05, 0.1) is 13.2 Å². The second-order valence-electron chi connectivity index (χ2n) is 11.0. The molecular formula is C29H38N4O6. The molecule has 1 aliphatic rings. The van der Waals surface area contributed by atoms with Crippen LogP contribution in [0.3, 0.4) is 0 Å². The molecule has 39 heavy (non-hydrogen) atoms. The van der Waals surface area contributed by atoms with Gasteiger partial charge in [0.2, 0.25) is 23.6 Å². The molecule has 0 spiro atoms. The van der Waals surface area contributed by atoms with E-state index in [-0.39, 0.29) is 25.3 Å². The molecule has 0 bridgehead atoms. The molecule has 5 N–H and O–H groups in total. The smallest absolute Gasteiger partial charge is 0.246 e. The Labute approximate surface area is 228 Å². The lowest BCUT2D eigenvalue weighted by molar-refractivity contribution is -0.144. The van der Waals surface area contributed by atoms with Crippen LogP contribution in [0.15, 0.2) is 48.5 Å². The number of nitrogens with two attached hydrogens (primary N) is 1. The normalized spacial score (nSPS) is 18.7. The van der Waals surface area contributed by atoms with Gasteiger partial charge in [-0.2, -0.15) is 0 Å². The maximum absolute atomic E-state index is 13.4. The number of para-hydroxylation sites is 1. The summed E-state index contributed by atoms with van der Waals surface area (Å²) in [5.41, 5.74) is 7.61.